The van der Waals surface area contributed by atoms with Gasteiger partial charge in [-0.25, -0.2) is 0 Å². The van der Waals surface area contributed by atoms with Gasteiger partial charge in [0.2, 0.25) is 9.03 Å². The Bertz CT molecular complexity index is 627. The van der Waals surface area contributed by atoms with E-state index in [0.29, 0.717) is 16.9 Å². The van der Waals surface area contributed by atoms with Gasteiger partial charge in [0.15, 0.2) is 5.78 Å². The summed E-state index contributed by atoms with van der Waals surface area (Å²) in [5.74, 6) is 0.339. The first kappa shape index (κ1) is 14.7. The van der Waals surface area contributed by atoms with Crippen LogP contribution in [0.3, 0.4) is 0 Å². The molecule has 0 saturated heterocycles. The summed E-state index contributed by atoms with van der Waals surface area (Å²) in [5.41, 5.74) is 4.22. The second-order valence-electron chi connectivity index (χ2n) is 4.79. The van der Waals surface area contributed by atoms with Crippen LogP contribution in [0.4, 0.5) is 0 Å². The second kappa shape index (κ2) is 6.17. The van der Waals surface area contributed by atoms with Crippen molar-refractivity contribution in [3.63, 3.8) is 0 Å². The molecule has 2 aromatic rings. The van der Waals surface area contributed by atoms with Crippen molar-refractivity contribution in [2.45, 2.75) is 20.8 Å². The maximum atomic E-state index is 12.7. The molecule has 0 amide bonds. The van der Waals surface area contributed by atoms with Crippen LogP contribution in [0.2, 0.25) is 0 Å². The van der Waals surface area contributed by atoms with Crippen molar-refractivity contribution in [3.8, 4) is 5.75 Å². The van der Waals surface area contributed by atoms with E-state index in [1.807, 2.05) is 32.9 Å². The highest BCUT2D eigenvalue weighted by Crippen LogP contribution is 2.28. The maximum absolute atomic E-state index is 12.7. The summed E-state index contributed by atoms with van der Waals surface area (Å²) < 4.78 is 5.15. The number of rotatable bonds is 4. The molecule has 104 valence electrons. The Balaban J connectivity index is 2.52. The van der Waals surface area contributed by atoms with E-state index in [1.165, 1.54) is 0 Å². The second-order valence-corrected chi connectivity index (χ2v) is 5.18. The summed E-state index contributed by atoms with van der Waals surface area (Å²) >= 11 is 0. The minimum Gasteiger partial charge on any atom is -0.449 e. The molecule has 0 fully saturated rings. The molecule has 0 bridgehead atoms. The predicted molar refractivity (Wildman–Crippen MR) is 81.7 cm³/mol. The van der Waals surface area contributed by atoms with Gasteiger partial charge in [0.25, 0.3) is 0 Å². The monoisotopic (exact) mass is 288 g/mol. The van der Waals surface area contributed by atoms with Crippen molar-refractivity contribution in [1.82, 2.24) is 0 Å². The third-order valence-corrected chi connectivity index (χ3v) is 3.50. The molecule has 0 aliphatic rings. The minimum atomic E-state index is -0.678. The lowest BCUT2D eigenvalue weighted by Crippen LogP contribution is -2.08. The van der Waals surface area contributed by atoms with Gasteiger partial charge in [0.1, 0.15) is 5.75 Å². The number of benzene rings is 2. The Morgan fingerprint density at radius 3 is 2.30 bits per heavy atom. The molecule has 0 saturated carbocycles. The average molecular weight is 288 g/mol. The summed E-state index contributed by atoms with van der Waals surface area (Å²) in [4.78, 5) is 21.7. The van der Waals surface area contributed by atoms with Gasteiger partial charge in [0.05, 0.1) is 5.56 Å². The fourth-order valence-corrected chi connectivity index (χ4v) is 2.74. The molecule has 1 atom stereocenters. The molecule has 0 radical (unpaired) electrons. The highest BCUT2D eigenvalue weighted by atomic mass is 31.1. The average Bonchev–Trinajstić information content (AvgIpc) is 2.38. The lowest BCUT2D eigenvalue weighted by Gasteiger charge is -2.12. The molecular formula is C16H17O3P. The molecule has 3 nitrogen and oxygen atoms in total. The number of para-hydroxylation sites is 1. The third kappa shape index (κ3) is 2.90. The molecule has 1 unspecified atom stereocenters. The van der Waals surface area contributed by atoms with Crippen molar-refractivity contribution >= 4 is 14.8 Å². The Kier molecular flexibility index (Phi) is 4.53. The van der Waals surface area contributed by atoms with Crippen LogP contribution >= 0.6 is 9.03 Å². The highest BCUT2D eigenvalue weighted by Gasteiger charge is 2.18. The third-order valence-electron chi connectivity index (χ3n) is 3.19. The first-order chi connectivity index (χ1) is 9.54. The molecule has 1 N–H and O–H groups in total. The van der Waals surface area contributed by atoms with Crippen LogP contribution < -0.4 is 4.52 Å². The summed E-state index contributed by atoms with van der Waals surface area (Å²) in [5, 5.41) is 0. The molecular weight excluding hydrogens is 271 g/mol. The molecule has 4 heteroatoms. The Morgan fingerprint density at radius 2 is 1.70 bits per heavy atom. The summed E-state index contributed by atoms with van der Waals surface area (Å²) in [6.07, 6.45) is 0. The maximum Gasteiger partial charge on any atom is 0.212 e. The van der Waals surface area contributed by atoms with Crippen molar-refractivity contribution in [2.24, 2.45) is 0 Å². The van der Waals surface area contributed by atoms with Crippen molar-refractivity contribution in [2.75, 3.05) is 0 Å². The van der Waals surface area contributed by atoms with Crippen LogP contribution in [0.15, 0.2) is 36.4 Å². The van der Waals surface area contributed by atoms with Crippen LogP contribution in [0.1, 0.15) is 32.6 Å². The standard InChI is InChI=1S/C16H17O3P/c1-10-8-11(2)15(12(3)9-10)16(17)13-6-4-5-7-14(13)19-20-18/h4-9,18,20H,1-3H3. The van der Waals surface area contributed by atoms with Gasteiger partial charge >= 0.3 is 0 Å². The smallest absolute Gasteiger partial charge is 0.212 e. The van der Waals surface area contributed by atoms with Gasteiger partial charge in [-0.1, -0.05) is 29.8 Å². The van der Waals surface area contributed by atoms with Gasteiger partial charge in [0, 0.05) is 5.56 Å². The number of carbonyl (C=O) groups is 1. The van der Waals surface area contributed by atoms with Crippen LogP contribution in [0.5, 0.6) is 5.75 Å². The number of carbonyl (C=O) groups excluding carboxylic acids is 1. The van der Waals surface area contributed by atoms with Crippen LogP contribution in [0, 0.1) is 20.8 Å². The van der Waals surface area contributed by atoms with E-state index in [2.05, 4.69) is 0 Å². The van der Waals surface area contributed by atoms with E-state index in [1.54, 1.807) is 24.3 Å². The molecule has 0 heterocycles. The Morgan fingerprint density at radius 1 is 1.10 bits per heavy atom. The van der Waals surface area contributed by atoms with E-state index >= 15 is 0 Å². The first-order valence-corrected chi connectivity index (χ1v) is 7.17. The van der Waals surface area contributed by atoms with E-state index in [-0.39, 0.29) is 5.78 Å². The van der Waals surface area contributed by atoms with Crippen LogP contribution in [-0.4, -0.2) is 10.7 Å². The van der Waals surface area contributed by atoms with Gasteiger partial charge in [-0.2, -0.15) is 0 Å². The lowest BCUT2D eigenvalue weighted by molar-refractivity contribution is 0.103. The zero-order valence-electron chi connectivity index (χ0n) is 11.7. The first-order valence-electron chi connectivity index (χ1n) is 6.32. The minimum absolute atomic E-state index is 0.0751. The zero-order valence-corrected chi connectivity index (χ0v) is 12.7. The normalized spacial score (nSPS) is 11.0. The largest absolute Gasteiger partial charge is 0.449 e. The van der Waals surface area contributed by atoms with Crippen molar-refractivity contribution < 1.29 is 14.2 Å². The Hall–Kier alpha value is -1.70. The molecule has 20 heavy (non-hydrogen) atoms. The molecule has 0 aromatic heterocycles. The van der Waals surface area contributed by atoms with Gasteiger partial charge in [-0.05, 0) is 44.0 Å². The van der Waals surface area contributed by atoms with Crippen molar-refractivity contribution in [3.05, 3.63) is 64.2 Å². The summed E-state index contributed by atoms with van der Waals surface area (Å²) in [7, 11) is -0.678. The van der Waals surface area contributed by atoms with Gasteiger partial charge in [-0.3, -0.25) is 4.79 Å². The number of ketones is 1. The number of hydrogen-bond acceptors (Lipinski definition) is 3. The summed E-state index contributed by atoms with van der Waals surface area (Å²) in [6.45, 7) is 5.88. The zero-order chi connectivity index (χ0) is 14.7. The van der Waals surface area contributed by atoms with Crippen LogP contribution in [0.25, 0.3) is 0 Å². The molecule has 2 aromatic carbocycles. The van der Waals surface area contributed by atoms with Gasteiger partial charge in [-0.15, -0.1) is 0 Å². The number of aryl methyl sites for hydroxylation is 3. The van der Waals surface area contributed by atoms with Gasteiger partial charge < -0.3 is 9.42 Å². The van der Waals surface area contributed by atoms with E-state index in [4.69, 9.17) is 9.42 Å². The van der Waals surface area contributed by atoms with E-state index < -0.39 is 9.03 Å². The fourth-order valence-electron chi connectivity index (χ4n) is 2.47. The molecule has 0 aliphatic carbocycles. The van der Waals surface area contributed by atoms with E-state index in [0.717, 1.165) is 16.7 Å². The SMILES string of the molecule is Cc1cc(C)c(C(=O)c2ccccc2OPO)c(C)c1. The fraction of sp³-hybridized carbons (Fsp3) is 0.188. The molecule has 0 aliphatic heterocycles. The topological polar surface area (TPSA) is 46.5 Å². The molecule has 0 spiro atoms. The predicted octanol–water partition coefficient (Wildman–Crippen LogP) is 3.72. The highest BCUT2D eigenvalue weighted by molar-refractivity contribution is 7.25. The molecule has 2 rings (SSSR count). The van der Waals surface area contributed by atoms with Crippen LogP contribution in [-0.2, 0) is 0 Å². The van der Waals surface area contributed by atoms with E-state index in [9.17, 15) is 4.79 Å². The quantitative estimate of drug-likeness (QED) is 0.689. The Labute approximate surface area is 120 Å². The lowest BCUT2D eigenvalue weighted by atomic mass is 9.93. The number of hydrogen-bond donors (Lipinski definition) is 1. The van der Waals surface area contributed by atoms with Crippen molar-refractivity contribution in [1.29, 1.82) is 0 Å². The summed E-state index contributed by atoms with van der Waals surface area (Å²) in [6, 6.07) is 11.0.